The SMILES string of the molecule is CC(N)(c1ccccc1)p1oc2ccc3ccccc3c2c2c(ccc3ccccc32)o1. The zero-order valence-electron chi connectivity index (χ0n) is 17.7. The van der Waals surface area contributed by atoms with Gasteiger partial charge in [-0.2, -0.15) is 0 Å². The zero-order valence-corrected chi connectivity index (χ0v) is 18.6. The third-order valence-electron chi connectivity index (χ3n) is 6.13. The van der Waals surface area contributed by atoms with Crippen molar-refractivity contribution >= 4 is 51.5 Å². The first-order valence-electron chi connectivity index (χ1n) is 10.7. The minimum Gasteiger partial charge on any atom is -0.418 e. The summed E-state index contributed by atoms with van der Waals surface area (Å²) >= 11 is 0. The molecule has 0 spiro atoms. The first-order chi connectivity index (χ1) is 15.6. The van der Waals surface area contributed by atoms with E-state index in [0.29, 0.717) is 0 Å². The van der Waals surface area contributed by atoms with Gasteiger partial charge in [0.25, 0.3) is 0 Å². The Bertz CT molecular complexity index is 1550. The van der Waals surface area contributed by atoms with E-state index >= 15 is 0 Å². The summed E-state index contributed by atoms with van der Waals surface area (Å²) in [4.78, 5) is 0. The molecule has 0 radical (unpaired) electrons. The van der Waals surface area contributed by atoms with Crippen molar-refractivity contribution in [3.8, 4) is 0 Å². The summed E-state index contributed by atoms with van der Waals surface area (Å²) in [5.74, 6) is 0. The Hall–Kier alpha value is -3.52. The first-order valence-corrected chi connectivity index (χ1v) is 11.8. The van der Waals surface area contributed by atoms with Gasteiger partial charge in [0.2, 0.25) is 8.01 Å². The number of benzene rings is 5. The standard InChI is InChI=1S/C28H22NO2P/c1-28(29,21-11-3-2-4-12-21)32-30-24-17-15-19-9-5-7-13-22(19)26(24)27-23-14-8-6-10-20(23)16-18-25(27)31-32/h2-18H,29H2,1H3. The largest absolute Gasteiger partial charge is 0.418 e. The summed E-state index contributed by atoms with van der Waals surface area (Å²) in [5.41, 5.74) is 9.49. The average Bonchev–Trinajstić information content (AvgIpc) is 3.02. The predicted molar refractivity (Wildman–Crippen MR) is 135 cm³/mol. The number of rotatable bonds is 2. The Morgan fingerprint density at radius 3 is 1.59 bits per heavy atom. The van der Waals surface area contributed by atoms with Crippen LogP contribution in [0, 0.1) is 0 Å². The molecular formula is C28H22NO2P. The fourth-order valence-corrected chi connectivity index (χ4v) is 5.88. The Kier molecular flexibility index (Phi) is 4.36. The lowest BCUT2D eigenvalue weighted by Gasteiger charge is -2.21. The average molecular weight is 435 g/mol. The quantitative estimate of drug-likeness (QED) is 0.298. The molecule has 1 unspecified atom stereocenters. The molecule has 1 heterocycles. The molecule has 0 aliphatic rings. The molecule has 1 atom stereocenters. The minimum atomic E-state index is -1.52. The predicted octanol–water partition coefficient (Wildman–Crippen LogP) is 8.28. The second kappa shape index (κ2) is 7.27. The summed E-state index contributed by atoms with van der Waals surface area (Å²) in [5, 5.41) is 5.93. The van der Waals surface area contributed by atoms with E-state index in [9.17, 15) is 0 Å². The molecule has 0 saturated heterocycles. The molecule has 0 bridgehead atoms. The highest BCUT2D eigenvalue weighted by Crippen LogP contribution is 2.49. The van der Waals surface area contributed by atoms with Crippen molar-refractivity contribution in [2.75, 3.05) is 0 Å². The Morgan fingerprint density at radius 2 is 1.06 bits per heavy atom. The van der Waals surface area contributed by atoms with Crippen LogP contribution in [0.5, 0.6) is 0 Å². The lowest BCUT2D eigenvalue weighted by atomic mass is 9.99. The molecule has 0 fully saturated rings. The molecule has 3 nitrogen and oxygen atoms in total. The van der Waals surface area contributed by atoms with Crippen LogP contribution in [0.25, 0.3) is 43.5 Å². The van der Waals surface area contributed by atoms with E-state index in [1.54, 1.807) is 0 Å². The summed E-state index contributed by atoms with van der Waals surface area (Å²) in [6, 6.07) is 35.2. The molecule has 0 saturated carbocycles. The van der Waals surface area contributed by atoms with E-state index in [4.69, 9.17) is 14.1 Å². The molecule has 2 N–H and O–H groups in total. The van der Waals surface area contributed by atoms with Gasteiger partial charge in [0, 0.05) is 10.8 Å². The Morgan fingerprint density at radius 1 is 0.594 bits per heavy atom. The molecular weight excluding hydrogens is 413 g/mol. The van der Waals surface area contributed by atoms with Crippen molar-refractivity contribution in [3.63, 3.8) is 0 Å². The number of hydrogen-bond acceptors (Lipinski definition) is 3. The van der Waals surface area contributed by atoms with Crippen LogP contribution in [0.2, 0.25) is 0 Å². The van der Waals surface area contributed by atoms with Crippen molar-refractivity contribution in [3.05, 3.63) is 109 Å². The van der Waals surface area contributed by atoms with Gasteiger partial charge in [-0.15, -0.1) is 0 Å². The molecule has 6 aromatic rings. The topological polar surface area (TPSA) is 52.3 Å². The third-order valence-corrected chi connectivity index (χ3v) is 7.87. The number of fused-ring (bicyclic) bond motifs is 7. The fraction of sp³-hybridized carbons (Fsp3) is 0.0714. The van der Waals surface area contributed by atoms with Crippen molar-refractivity contribution in [1.82, 2.24) is 0 Å². The molecule has 6 rings (SSSR count). The summed E-state index contributed by atoms with van der Waals surface area (Å²) < 4.78 is 13.3. The molecule has 0 aliphatic carbocycles. The van der Waals surface area contributed by atoms with Crippen molar-refractivity contribution in [2.24, 2.45) is 5.73 Å². The van der Waals surface area contributed by atoms with E-state index < -0.39 is 13.3 Å². The Balaban J connectivity index is 1.85. The number of nitrogens with two attached hydrogens (primary N) is 1. The second-order valence-electron chi connectivity index (χ2n) is 8.27. The van der Waals surface area contributed by atoms with Crippen molar-refractivity contribution < 1.29 is 8.39 Å². The van der Waals surface area contributed by atoms with E-state index in [1.165, 1.54) is 10.8 Å². The fourth-order valence-electron chi connectivity index (χ4n) is 4.44. The van der Waals surface area contributed by atoms with Gasteiger partial charge in [-0.1, -0.05) is 91.0 Å². The van der Waals surface area contributed by atoms with Gasteiger partial charge in [0.1, 0.15) is 16.4 Å². The zero-order chi connectivity index (χ0) is 21.7. The highest BCUT2D eigenvalue weighted by Gasteiger charge is 2.30. The number of hydrogen-bond donors (Lipinski definition) is 1. The van der Waals surface area contributed by atoms with Gasteiger partial charge in [-0.25, -0.2) is 0 Å². The molecule has 5 aromatic carbocycles. The van der Waals surface area contributed by atoms with Gasteiger partial charge in [-0.3, -0.25) is 0 Å². The molecule has 156 valence electrons. The van der Waals surface area contributed by atoms with Gasteiger partial charge in [0.15, 0.2) is 0 Å². The van der Waals surface area contributed by atoms with Gasteiger partial charge < -0.3 is 14.1 Å². The van der Waals surface area contributed by atoms with Crippen LogP contribution in [0.4, 0.5) is 0 Å². The smallest absolute Gasteiger partial charge is 0.243 e. The first kappa shape index (κ1) is 19.2. The maximum Gasteiger partial charge on any atom is 0.243 e. The molecule has 32 heavy (non-hydrogen) atoms. The van der Waals surface area contributed by atoms with Crippen LogP contribution >= 0.6 is 8.01 Å². The molecule has 4 heteroatoms. The maximum atomic E-state index is 6.90. The van der Waals surface area contributed by atoms with E-state index in [2.05, 4.69) is 60.7 Å². The third kappa shape index (κ3) is 2.94. The van der Waals surface area contributed by atoms with Crippen molar-refractivity contribution in [1.29, 1.82) is 0 Å². The monoisotopic (exact) mass is 435 g/mol. The normalized spacial score (nSPS) is 13.6. The highest BCUT2D eigenvalue weighted by molar-refractivity contribution is 7.38. The lowest BCUT2D eigenvalue weighted by molar-refractivity contribution is 0.571. The molecule has 0 amide bonds. The summed E-state index contributed by atoms with van der Waals surface area (Å²) in [6.07, 6.45) is 0. The molecule has 1 aromatic heterocycles. The second-order valence-corrected chi connectivity index (χ2v) is 10.1. The summed E-state index contributed by atoms with van der Waals surface area (Å²) in [7, 11) is -1.52. The van der Waals surface area contributed by atoms with E-state index in [1.807, 2.05) is 49.4 Å². The Labute approximate surface area is 186 Å². The minimum absolute atomic E-state index is 0.799. The van der Waals surface area contributed by atoms with Gasteiger partial charge >= 0.3 is 0 Å². The van der Waals surface area contributed by atoms with Crippen molar-refractivity contribution in [2.45, 2.75) is 12.2 Å². The van der Waals surface area contributed by atoms with Gasteiger partial charge in [-0.05, 0) is 46.2 Å². The van der Waals surface area contributed by atoms with E-state index in [-0.39, 0.29) is 0 Å². The maximum absolute atomic E-state index is 6.90. The van der Waals surface area contributed by atoms with Crippen LogP contribution in [0.1, 0.15) is 12.5 Å². The van der Waals surface area contributed by atoms with Crippen LogP contribution in [-0.4, -0.2) is 0 Å². The van der Waals surface area contributed by atoms with Gasteiger partial charge in [0.05, 0.1) is 0 Å². The molecule has 0 aliphatic heterocycles. The van der Waals surface area contributed by atoms with Crippen LogP contribution in [0.15, 0.2) is 112 Å². The summed E-state index contributed by atoms with van der Waals surface area (Å²) in [6.45, 7) is 1.99. The van der Waals surface area contributed by atoms with Crippen LogP contribution in [-0.2, 0) is 5.28 Å². The van der Waals surface area contributed by atoms with E-state index in [0.717, 1.165) is 38.3 Å². The highest BCUT2D eigenvalue weighted by atomic mass is 31.1. The lowest BCUT2D eigenvalue weighted by Crippen LogP contribution is -2.27. The van der Waals surface area contributed by atoms with Crippen LogP contribution in [0.3, 0.4) is 0 Å². The van der Waals surface area contributed by atoms with Crippen LogP contribution < -0.4 is 5.73 Å².